The van der Waals surface area contributed by atoms with Crippen LogP contribution in [0.5, 0.6) is 0 Å². The molecule has 110 valence electrons. The van der Waals surface area contributed by atoms with E-state index in [0.29, 0.717) is 12.0 Å². The molecule has 0 spiro atoms. The van der Waals surface area contributed by atoms with Crippen LogP contribution in [-0.2, 0) is 9.84 Å². The average Bonchev–Trinajstić information content (AvgIpc) is 2.63. The fraction of sp³-hybridized carbons (Fsp3) is 1.00. The van der Waals surface area contributed by atoms with Gasteiger partial charge in [0.25, 0.3) is 0 Å². The minimum absolute atomic E-state index is 0.0534. The zero-order valence-electron chi connectivity index (χ0n) is 11.5. The van der Waals surface area contributed by atoms with Crippen molar-refractivity contribution in [2.45, 2.75) is 37.5 Å². The Kier molecular flexibility index (Phi) is 3.62. The van der Waals surface area contributed by atoms with Gasteiger partial charge in [0.05, 0.1) is 23.7 Å². The molecule has 0 aromatic rings. The Bertz CT molecular complexity index is 439. The Morgan fingerprint density at radius 3 is 2.58 bits per heavy atom. The van der Waals surface area contributed by atoms with Gasteiger partial charge in [-0.15, -0.1) is 0 Å². The van der Waals surface area contributed by atoms with E-state index in [4.69, 9.17) is 0 Å². The fourth-order valence-electron chi connectivity index (χ4n) is 4.14. The van der Waals surface area contributed by atoms with Crippen molar-refractivity contribution in [1.82, 2.24) is 9.80 Å². The van der Waals surface area contributed by atoms with Crippen molar-refractivity contribution in [3.8, 4) is 0 Å². The summed E-state index contributed by atoms with van der Waals surface area (Å²) >= 11 is 0. The molecule has 0 radical (unpaired) electrons. The van der Waals surface area contributed by atoms with Crippen LogP contribution in [0.15, 0.2) is 0 Å². The first-order chi connectivity index (χ1) is 8.96. The van der Waals surface area contributed by atoms with Crippen molar-refractivity contribution in [2.24, 2.45) is 5.92 Å². The highest BCUT2D eigenvalue weighted by atomic mass is 32.2. The first kappa shape index (κ1) is 13.8. The summed E-state index contributed by atoms with van der Waals surface area (Å²) in [6, 6.07) is 0.485. The lowest BCUT2D eigenvalue weighted by atomic mass is 9.83. The van der Waals surface area contributed by atoms with Crippen molar-refractivity contribution >= 4 is 9.84 Å². The highest BCUT2D eigenvalue weighted by molar-refractivity contribution is 7.91. The molecule has 1 N–H and O–H groups in total. The number of rotatable bonds is 1. The Hall–Kier alpha value is -0.170. The lowest BCUT2D eigenvalue weighted by molar-refractivity contribution is -0.00152. The van der Waals surface area contributed by atoms with Crippen molar-refractivity contribution in [3.63, 3.8) is 0 Å². The van der Waals surface area contributed by atoms with Gasteiger partial charge in [-0.2, -0.15) is 0 Å². The summed E-state index contributed by atoms with van der Waals surface area (Å²) in [4.78, 5) is 4.68. The number of fused-ring (bicyclic) bond motifs is 1. The van der Waals surface area contributed by atoms with Crippen molar-refractivity contribution < 1.29 is 13.5 Å². The number of nitrogens with zero attached hydrogens (tertiary/aromatic N) is 2. The normalized spacial score (nSPS) is 44.1. The fourth-order valence-corrected chi connectivity index (χ4v) is 5.97. The molecule has 19 heavy (non-hydrogen) atoms. The zero-order chi connectivity index (χ0) is 13.6. The van der Waals surface area contributed by atoms with E-state index < -0.39 is 15.9 Å². The molecule has 0 bridgehead atoms. The van der Waals surface area contributed by atoms with E-state index in [-0.39, 0.29) is 17.5 Å². The number of hydrogen-bond acceptors (Lipinski definition) is 5. The van der Waals surface area contributed by atoms with Gasteiger partial charge < -0.3 is 10.0 Å². The minimum Gasteiger partial charge on any atom is -0.390 e. The van der Waals surface area contributed by atoms with E-state index in [1.165, 1.54) is 19.4 Å². The molecule has 0 aromatic carbocycles. The van der Waals surface area contributed by atoms with Crippen LogP contribution in [0.2, 0.25) is 0 Å². The SMILES string of the molecule is CN1CCCC2CN(C3CS(=O)(=O)CC3O)CCC21. The van der Waals surface area contributed by atoms with Crippen LogP contribution in [0, 0.1) is 5.92 Å². The van der Waals surface area contributed by atoms with Crippen LogP contribution in [0.1, 0.15) is 19.3 Å². The van der Waals surface area contributed by atoms with Crippen LogP contribution < -0.4 is 0 Å². The quantitative estimate of drug-likeness (QED) is 0.709. The van der Waals surface area contributed by atoms with E-state index in [1.807, 2.05) is 0 Å². The average molecular weight is 288 g/mol. The van der Waals surface area contributed by atoms with Gasteiger partial charge in [0, 0.05) is 19.1 Å². The summed E-state index contributed by atoms with van der Waals surface area (Å²) in [7, 11) is -0.840. The molecule has 0 saturated carbocycles. The summed E-state index contributed by atoms with van der Waals surface area (Å²) in [5, 5.41) is 9.99. The maximum Gasteiger partial charge on any atom is 0.154 e. The molecule has 3 saturated heterocycles. The first-order valence-electron chi connectivity index (χ1n) is 7.29. The molecular formula is C13H24N2O3S. The summed E-state index contributed by atoms with van der Waals surface area (Å²) in [5.74, 6) is 0.729. The topological polar surface area (TPSA) is 60.9 Å². The molecule has 4 unspecified atom stereocenters. The highest BCUT2D eigenvalue weighted by Crippen LogP contribution is 2.32. The highest BCUT2D eigenvalue weighted by Gasteiger charge is 2.43. The predicted molar refractivity (Wildman–Crippen MR) is 73.8 cm³/mol. The van der Waals surface area contributed by atoms with E-state index in [2.05, 4.69) is 16.8 Å². The van der Waals surface area contributed by atoms with Crippen molar-refractivity contribution in [3.05, 3.63) is 0 Å². The third-order valence-electron chi connectivity index (χ3n) is 5.14. The van der Waals surface area contributed by atoms with Gasteiger partial charge in [-0.3, -0.25) is 4.90 Å². The molecule has 3 aliphatic rings. The van der Waals surface area contributed by atoms with Gasteiger partial charge >= 0.3 is 0 Å². The lowest BCUT2D eigenvalue weighted by Crippen LogP contribution is -2.56. The third kappa shape index (κ3) is 2.68. The second-order valence-corrected chi connectivity index (χ2v) is 8.60. The maximum absolute atomic E-state index is 11.6. The first-order valence-corrected chi connectivity index (χ1v) is 9.11. The van der Waals surface area contributed by atoms with Crippen LogP contribution >= 0.6 is 0 Å². The van der Waals surface area contributed by atoms with Gasteiger partial charge in [-0.1, -0.05) is 0 Å². The van der Waals surface area contributed by atoms with Crippen LogP contribution in [0.4, 0.5) is 0 Å². The molecule has 6 heteroatoms. The largest absolute Gasteiger partial charge is 0.390 e. The molecule has 3 rings (SSSR count). The number of sulfone groups is 1. The molecule has 0 aromatic heterocycles. The summed E-state index contributed by atoms with van der Waals surface area (Å²) in [5.41, 5.74) is 0. The van der Waals surface area contributed by atoms with Crippen LogP contribution in [0.25, 0.3) is 0 Å². The minimum atomic E-state index is -3.04. The summed E-state index contributed by atoms with van der Waals surface area (Å²) < 4.78 is 23.3. The Morgan fingerprint density at radius 2 is 1.89 bits per heavy atom. The van der Waals surface area contributed by atoms with E-state index >= 15 is 0 Å². The molecule has 3 fully saturated rings. The van der Waals surface area contributed by atoms with Crippen LogP contribution in [-0.4, -0.2) is 79.7 Å². The maximum atomic E-state index is 11.6. The van der Waals surface area contributed by atoms with Gasteiger partial charge in [0.15, 0.2) is 9.84 Å². The second-order valence-electron chi connectivity index (χ2n) is 6.45. The van der Waals surface area contributed by atoms with E-state index in [0.717, 1.165) is 19.5 Å². The van der Waals surface area contributed by atoms with E-state index in [1.54, 1.807) is 0 Å². The monoisotopic (exact) mass is 288 g/mol. The molecule has 0 amide bonds. The standard InChI is InChI=1S/C13H24N2O3S/c1-14-5-2-3-10-7-15(6-4-11(10)14)12-8-19(17,18)9-13(12)16/h10-13,16H,2-9H2,1H3. The molecule has 4 atom stereocenters. The predicted octanol–water partition coefficient (Wildman–Crippen LogP) is -0.440. The van der Waals surface area contributed by atoms with Gasteiger partial charge in [-0.05, 0) is 38.8 Å². The number of piperidine rings is 2. The van der Waals surface area contributed by atoms with Crippen molar-refractivity contribution in [1.29, 1.82) is 0 Å². The Labute approximate surface area is 115 Å². The molecule has 0 aliphatic carbocycles. The van der Waals surface area contributed by atoms with Crippen LogP contribution in [0.3, 0.4) is 0 Å². The smallest absolute Gasteiger partial charge is 0.154 e. The third-order valence-corrected chi connectivity index (χ3v) is 6.84. The van der Waals surface area contributed by atoms with Crippen molar-refractivity contribution in [2.75, 3.05) is 38.2 Å². The molecule has 3 heterocycles. The molecule has 5 nitrogen and oxygen atoms in total. The number of aliphatic hydroxyl groups is 1. The zero-order valence-corrected chi connectivity index (χ0v) is 12.3. The van der Waals surface area contributed by atoms with Gasteiger partial charge in [-0.25, -0.2) is 8.42 Å². The summed E-state index contributed by atoms with van der Waals surface area (Å²) in [6.07, 6.45) is 2.88. The summed E-state index contributed by atoms with van der Waals surface area (Å²) in [6.45, 7) is 3.05. The number of hydrogen-bond donors (Lipinski definition) is 1. The lowest BCUT2D eigenvalue weighted by Gasteiger charge is -2.47. The second kappa shape index (κ2) is 4.98. The molecular weight excluding hydrogens is 264 g/mol. The Morgan fingerprint density at radius 1 is 1.11 bits per heavy atom. The Balaban J connectivity index is 1.68. The number of likely N-dealkylation sites (tertiary alicyclic amines) is 2. The molecule has 3 aliphatic heterocycles. The van der Waals surface area contributed by atoms with E-state index in [9.17, 15) is 13.5 Å². The number of aliphatic hydroxyl groups excluding tert-OH is 1. The van der Waals surface area contributed by atoms with Gasteiger partial charge in [0.1, 0.15) is 0 Å². The van der Waals surface area contributed by atoms with Gasteiger partial charge in [0.2, 0.25) is 0 Å².